The lowest BCUT2D eigenvalue weighted by molar-refractivity contribution is 0.0279. The number of hydrogen-bond acceptors (Lipinski definition) is 9. The molecule has 39 heavy (non-hydrogen) atoms. The zero-order chi connectivity index (χ0) is 27.9. The number of rotatable bonds is 16. The summed E-state index contributed by atoms with van der Waals surface area (Å²) in [5.41, 5.74) is 4.00. The first-order valence-corrected chi connectivity index (χ1v) is 13.9. The van der Waals surface area contributed by atoms with Crippen molar-refractivity contribution in [3.8, 4) is 5.75 Å². The molecule has 0 aliphatic carbocycles. The molecular weight excluding hydrogens is 518 g/mol. The maximum Gasteiger partial charge on any atom is 0.297 e. The summed E-state index contributed by atoms with van der Waals surface area (Å²) >= 11 is 0. The van der Waals surface area contributed by atoms with Crippen LogP contribution in [0, 0.1) is 6.92 Å². The second-order valence-electron chi connectivity index (χ2n) is 8.71. The molecule has 0 aliphatic rings. The van der Waals surface area contributed by atoms with Crippen molar-refractivity contribution in [2.75, 3.05) is 58.6 Å². The number of anilines is 1. The van der Waals surface area contributed by atoms with Gasteiger partial charge >= 0.3 is 0 Å². The summed E-state index contributed by atoms with van der Waals surface area (Å²) in [5.74, 6) is 0.725. The van der Waals surface area contributed by atoms with Gasteiger partial charge in [-0.3, -0.25) is 4.18 Å². The van der Waals surface area contributed by atoms with Gasteiger partial charge in [0.25, 0.3) is 10.1 Å². The maximum atomic E-state index is 12.1. The molecule has 208 valence electrons. The molecule has 0 saturated heterocycles. The summed E-state index contributed by atoms with van der Waals surface area (Å²) in [6, 6.07) is 22.1. The van der Waals surface area contributed by atoms with Crippen molar-refractivity contribution in [2.45, 2.75) is 11.8 Å². The van der Waals surface area contributed by atoms with Crippen LogP contribution in [0.25, 0.3) is 0 Å². The smallest absolute Gasteiger partial charge is 0.297 e. The Labute approximate surface area is 230 Å². The number of nitrogens with zero attached hydrogens (tertiary/aromatic N) is 3. The molecule has 0 radical (unpaired) electrons. The van der Waals surface area contributed by atoms with Crippen molar-refractivity contribution < 1.29 is 26.8 Å². The van der Waals surface area contributed by atoms with Crippen molar-refractivity contribution in [1.29, 1.82) is 0 Å². The summed E-state index contributed by atoms with van der Waals surface area (Å²) in [6.45, 7) is 3.46. The summed E-state index contributed by atoms with van der Waals surface area (Å²) < 4.78 is 45.7. The highest BCUT2D eigenvalue weighted by Gasteiger charge is 2.14. The molecule has 10 heteroatoms. The van der Waals surface area contributed by atoms with Crippen molar-refractivity contribution >= 4 is 28.2 Å². The molecule has 0 heterocycles. The highest BCUT2D eigenvalue weighted by Crippen LogP contribution is 2.14. The molecular formula is C29H35N3O6S. The maximum absolute atomic E-state index is 12.1. The SMILES string of the molecule is Cc1ccc(S(=O)(=O)OCCOCCOCCOc2ccc(/C=N/N=C/c3ccc(N(C)C)cc3)cc2)cc1. The highest BCUT2D eigenvalue weighted by atomic mass is 32.2. The minimum atomic E-state index is -3.77. The monoisotopic (exact) mass is 553 g/mol. The zero-order valence-corrected chi connectivity index (χ0v) is 23.3. The van der Waals surface area contributed by atoms with Crippen LogP contribution in [-0.2, 0) is 23.8 Å². The van der Waals surface area contributed by atoms with Gasteiger partial charge in [-0.25, -0.2) is 0 Å². The van der Waals surface area contributed by atoms with Crippen molar-refractivity contribution in [3.05, 3.63) is 89.5 Å². The van der Waals surface area contributed by atoms with E-state index in [1.165, 1.54) is 12.1 Å². The van der Waals surface area contributed by atoms with Crippen LogP contribution in [-0.4, -0.2) is 74.6 Å². The fraction of sp³-hybridized carbons (Fsp3) is 0.310. The molecule has 3 aromatic carbocycles. The van der Waals surface area contributed by atoms with E-state index in [0.717, 1.165) is 28.1 Å². The van der Waals surface area contributed by atoms with Crippen LogP contribution in [0.1, 0.15) is 16.7 Å². The van der Waals surface area contributed by atoms with Crippen molar-refractivity contribution in [1.82, 2.24) is 0 Å². The Morgan fingerprint density at radius 3 is 1.77 bits per heavy atom. The van der Waals surface area contributed by atoms with Gasteiger partial charge < -0.3 is 19.1 Å². The fourth-order valence-electron chi connectivity index (χ4n) is 3.22. The van der Waals surface area contributed by atoms with E-state index in [1.54, 1.807) is 24.6 Å². The molecule has 0 spiro atoms. The predicted molar refractivity (Wildman–Crippen MR) is 154 cm³/mol. The lowest BCUT2D eigenvalue weighted by atomic mass is 10.2. The third-order valence-corrected chi connectivity index (χ3v) is 6.74. The Hall–Kier alpha value is -3.57. The third kappa shape index (κ3) is 11.0. The summed E-state index contributed by atoms with van der Waals surface area (Å²) in [6.07, 6.45) is 3.39. The van der Waals surface area contributed by atoms with E-state index in [2.05, 4.69) is 10.2 Å². The van der Waals surface area contributed by atoms with Crippen LogP contribution in [0.15, 0.2) is 87.9 Å². The van der Waals surface area contributed by atoms with Gasteiger partial charge in [-0.2, -0.15) is 18.6 Å². The van der Waals surface area contributed by atoms with Crippen LogP contribution in [0.2, 0.25) is 0 Å². The van der Waals surface area contributed by atoms with Gasteiger partial charge in [-0.1, -0.05) is 29.8 Å². The van der Waals surface area contributed by atoms with Gasteiger partial charge in [0, 0.05) is 19.8 Å². The van der Waals surface area contributed by atoms with Crippen molar-refractivity contribution in [2.24, 2.45) is 10.2 Å². The van der Waals surface area contributed by atoms with Crippen LogP contribution < -0.4 is 9.64 Å². The molecule has 0 saturated carbocycles. The average molecular weight is 554 g/mol. The summed E-state index contributed by atoms with van der Waals surface area (Å²) in [7, 11) is 0.230. The number of benzene rings is 3. The third-order valence-electron chi connectivity index (χ3n) is 5.41. The van der Waals surface area contributed by atoms with Crippen molar-refractivity contribution in [3.63, 3.8) is 0 Å². The molecule has 0 aromatic heterocycles. The average Bonchev–Trinajstić information content (AvgIpc) is 2.93. The van der Waals surface area contributed by atoms with Crippen LogP contribution in [0.3, 0.4) is 0 Å². The molecule has 0 aliphatic heterocycles. The first kappa shape index (κ1) is 30.0. The molecule has 0 unspecified atom stereocenters. The van der Waals surface area contributed by atoms with Crippen LogP contribution in [0.5, 0.6) is 5.75 Å². The quantitative estimate of drug-likeness (QED) is 0.113. The molecule has 0 bridgehead atoms. The normalized spacial score (nSPS) is 11.9. The summed E-state index contributed by atoms with van der Waals surface area (Å²) in [5, 5.41) is 8.20. The lowest BCUT2D eigenvalue weighted by Crippen LogP contribution is -2.14. The second kappa shape index (κ2) is 15.7. The first-order valence-electron chi connectivity index (χ1n) is 12.5. The van der Waals surface area contributed by atoms with E-state index in [9.17, 15) is 8.42 Å². The van der Waals surface area contributed by atoms with E-state index >= 15 is 0 Å². The minimum Gasteiger partial charge on any atom is -0.491 e. The number of hydrogen-bond donors (Lipinski definition) is 0. The fourth-order valence-corrected chi connectivity index (χ4v) is 4.12. The van der Waals surface area contributed by atoms with E-state index < -0.39 is 10.1 Å². The lowest BCUT2D eigenvalue weighted by Gasteiger charge is -2.11. The molecule has 0 N–H and O–H groups in total. The minimum absolute atomic E-state index is 0.0583. The van der Waals surface area contributed by atoms with Gasteiger partial charge in [0.1, 0.15) is 12.4 Å². The van der Waals surface area contributed by atoms with E-state index in [0.29, 0.717) is 26.4 Å². The molecule has 0 amide bonds. The summed E-state index contributed by atoms with van der Waals surface area (Å²) in [4.78, 5) is 2.17. The van der Waals surface area contributed by atoms with E-state index in [1.807, 2.05) is 74.4 Å². The molecule has 0 fully saturated rings. The van der Waals surface area contributed by atoms with Gasteiger partial charge in [0.2, 0.25) is 0 Å². The standard InChI is InChI=1S/C29H35N3O6S/c1-24-4-14-29(15-5-24)39(33,34)38-21-19-36-17-16-35-18-20-37-28-12-8-26(9-13-28)23-31-30-22-25-6-10-27(11-7-25)32(2)3/h4-15,22-23H,16-21H2,1-3H3/b30-22+,31-23+. The Bertz CT molecular complexity index is 1290. The Kier molecular flexibility index (Phi) is 12.1. The Morgan fingerprint density at radius 1 is 0.692 bits per heavy atom. The van der Waals surface area contributed by atoms with Gasteiger partial charge in [0.15, 0.2) is 0 Å². The molecule has 0 atom stereocenters. The first-order chi connectivity index (χ1) is 18.8. The Balaban J connectivity index is 1.23. The molecule has 9 nitrogen and oxygen atoms in total. The second-order valence-corrected chi connectivity index (χ2v) is 10.3. The van der Waals surface area contributed by atoms with Gasteiger partial charge in [-0.15, -0.1) is 0 Å². The van der Waals surface area contributed by atoms with E-state index in [-0.39, 0.29) is 18.1 Å². The topological polar surface area (TPSA) is 99.0 Å². The number of ether oxygens (including phenoxy) is 3. The van der Waals surface area contributed by atoms with Gasteiger partial charge in [0.05, 0.1) is 50.4 Å². The molecule has 3 aromatic rings. The number of aryl methyl sites for hydroxylation is 1. The largest absolute Gasteiger partial charge is 0.491 e. The molecule has 3 rings (SSSR count). The Morgan fingerprint density at radius 2 is 1.21 bits per heavy atom. The zero-order valence-electron chi connectivity index (χ0n) is 22.5. The predicted octanol–water partition coefficient (Wildman–Crippen LogP) is 4.33. The van der Waals surface area contributed by atoms with Crippen LogP contribution in [0.4, 0.5) is 5.69 Å². The van der Waals surface area contributed by atoms with E-state index in [4.69, 9.17) is 18.4 Å². The van der Waals surface area contributed by atoms with Gasteiger partial charge in [-0.05, 0) is 66.6 Å². The highest BCUT2D eigenvalue weighted by molar-refractivity contribution is 7.86. The van der Waals surface area contributed by atoms with Crippen LogP contribution >= 0.6 is 0 Å².